The van der Waals surface area contributed by atoms with E-state index in [0.717, 1.165) is 11.3 Å². The predicted octanol–water partition coefficient (Wildman–Crippen LogP) is 3.51. The van der Waals surface area contributed by atoms with Crippen LogP contribution in [-0.2, 0) is 10.0 Å². The molecule has 0 atom stereocenters. The number of pyridine rings is 1. The van der Waals surface area contributed by atoms with Crippen molar-refractivity contribution in [3.63, 3.8) is 0 Å². The quantitative estimate of drug-likeness (QED) is 0.466. The molecule has 7 nitrogen and oxygen atoms in total. The molecule has 0 aliphatic heterocycles. The Morgan fingerprint density at radius 2 is 1.64 bits per heavy atom. The van der Waals surface area contributed by atoms with Crippen LogP contribution in [0, 0.1) is 6.92 Å². The van der Waals surface area contributed by atoms with Crippen LogP contribution >= 0.6 is 12.2 Å². The van der Waals surface area contributed by atoms with E-state index in [-0.39, 0.29) is 17.0 Å². The SMILES string of the molecule is Cc1ccc(NC(=S)NNc2ccc(S(=O)(=O)N(C(C)C)C(C)C)cn2)cc1. The number of sulfonamides is 1. The summed E-state index contributed by atoms with van der Waals surface area (Å²) in [5.41, 5.74) is 7.71. The molecule has 0 amide bonds. The first-order valence-electron chi connectivity index (χ1n) is 9.00. The minimum absolute atomic E-state index is 0.144. The average Bonchev–Trinajstić information content (AvgIpc) is 2.61. The van der Waals surface area contributed by atoms with E-state index in [0.29, 0.717) is 10.9 Å². The molecule has 0 saturated heterocycles. The van der Waals surface area contributed by atoms with Crippen molar-refractivity contribution in [2.75, 3.05) is 10.7 Å². The van der Waals surface area contributed by atoms with Gasteiger partial charge in [0.05, 0.1) is 0 Å². The molecule has 2 aromatic rings. The van der Waals surface area contributed by atoms with E-state index >= 15 is 0 Å². The summed E-state index contributed by atoms with van der Waals surface area (Å²) in [4.78, 5) is 4.32. The first kappa shape index (κ1) is 22.1. The molecule has 9 heteroatoms. The molecular weight excluding hydrogens is 394 g/mol. The number of anilines is 2. The van der Waals surface area contributed by atoms with Crippen molar-refractivity contribution >= 4 is 38.9 Å². The molecule has 0 saturated carbocycles. The smallest absolute Gasteiger partial charge is 0.245 e. The van der Waals surface area contributed by atoms with Gasteiger partial charge in [-0.25, -0.2) is 13.4 Å². The average molecular weight is 422 g/mol. The fraction of sp³-hybridized carbons (Fsp3) is 0.368. The van der Waals surface area contributed by atoms with Crippen LogP contribution in [0.5, 0.6) is 0 Å². The Hall–Kier alpha value is -2.23. The van der Waals surface area contributed by atoms with E-state index in [1.807, 2.05) is 58.9 Å². The maximum Gasteiger partial charge on any atom is 0.245 e. The van der Waals surface area contributed by atoms with Crippen molar-refractivity contribution in [2.45, 2.75) is 51.6 Å². The Labute approximate surface area is 172 Å². The second-order valence-corrected chi connectivity index (χ2v) is 9.22. The highest BCUT2D eigenvalue weighted by Crippen LogP contribution is 2.21. The number of thiocarbonyl (C=S) groups is 1. The molecule has 28 heavy (non-hydrogen) atoms. The van der Waals surface area contributed by atoms with Crippen LogP contribution in [-0.4, -0.2) is 34.9 Å². The topological polar surface area (TPSA) is 86.4 Å². The third-order valence-electron chi connectivity index (χ3n) is 3.94. The summed E-state index contributed by atoms with van der Waals surface area (Å²) in [5.74, 6) is 0.452. The van der Waals surface area contributed by atoms with Gasteiger partial charge in [-0.05, 0) is 71.1 Å². The summed E-state index contributed by atoms with van der Waals surface area (Å²) in [6, 6.07) is 10.7. The Morgan fingerprint density at radius 1 is 1.04 bits per heavy atom. The van der Waals surface area contributed by atoms with Gasteiger partial charge in [0.2, 0.25) is 10.0 Å². The first-order chi connectivity index (χ1) is 13.1. The van der Waals surface area contributed by atoms with Crippen molar-refractivity contribution in [3.05, 3.63) is 48.2 Å². The van der Waals surface area contributed by atoms with Crippen molar-refractivity contribution in [1.82, 2.24) is 14.7 Å². The van der Waals surface area contributed by atoms with E-state index in [1.54, 1.807) is 6.07 Å². The molecule has 0 aliphatic rings. The number of hydrogen-bond acceptors (Lipinski definition) is 5. The summed E-state index contributed by atoms with van der Waals surface area (Å²) in [6.45, 7) is 9.43. The summed E-state index contributed by atoms with van der Waals surface area (Å²) in [5, 5.41) is 3.41. The second kappa shape index (κ2) is 9.31. The Morgan fingerprint density at radius 3 is 2.14 bits per heavy atom. The number of hydrazine groups is 1. The summed E-state index contributed by atoms with van der Waals surface area (Å²) in [7, 11) is -3.61. The molecule has 1 aromatic heterocycles. The van der Waals surface area contributed by atoms with Crippen molar-refractivity contribution in [2.24, 2.45) is 0 Å². The Balaban J connectivity index is 2.00. The zero-order chi connectivity index (χ0) is 20.9. The van der Waals surface area contributed by atoms with Crippen LogP contribution in [0.3, 0.4) is 0 Å². The highest BCUT2D eigenvalue weighted by atomic mass is 32.2. The molecule has 152 valence electrons. The van der Waals surface area contributed by atoms with Gasteiger partial charge in [-0.1, -0.05) is 17.7 Å². The minimum atomic E-state index is -3.61. The highest BCUT2D eigenvalue weighted by molar-refractivity contribution is 7.89. The molecule has 2 rings (SSSR count). The van der Waals surface area contributed by atoms with E-state index in [1.165, 1.54) is 16.6 Å². The van der Waals surface area contributed by atoms with Gasteiger partial charge in [0.15, 0.2) is 5.11 Å². The molecule has 0 radical (unpaired) electrons. The van der Waals surface area contributed by atoms with Gasteiger partial charge in [-0.15, -0.1) is 0 Å². The number of benzene rings is 1. The normalized spacial score (nSPS) is 11.7. The van der Waals surface area contributed by atoms with Crippen molar-refractivity contribution < 1.29 is 8.42 Å². The zero-order valence-electron chi connectivity index (χ0n) is 16.7. The van der Waals surface area contributed by atoms with Crippen LogP contribution in [0.25, 0.3) is 0 Å². The number of nitrogens with one attached hydrogen (secondary N) is 3. The fourth-order valence-electron chi connectivity index (χ4n) is 2.80. The van der Waals surface area contributed by atoms with E-state index in [4.69, 9.17) is 12.2 Å². The van der Waals surface area contributed by atoms with Gasteiger partial charge in [-0.3, -0.25) is 10.9 Å². The lowest BCUT2D eigenvalue weighted by Gasteiger charge is -2.29. The lowest BCUT2D eigenvalue weighted by molar-refractivity contribution is 0.302. The first-order valence-corrected chi connectivity index (χ1v) is 10.9. The molecule has 0 spiro atoms. The minimum Gasteiger partial charge on any atom is -0.331 e. The molecule has 3 N–H and O–H groups in total. The Bertz CT molecular complexity index is 887. The summed E-state index contributed by atoms with van der Waals surface area (Å²) < 4.78 is 27.1. The van der Waals surface area contributed by atoms with Crippen LogP contribution < -0.4 is 16.2 Å². The number of aryl methyl sites for hydroxylation is 1. The van der Waals surface area contributed by atoms with Crippen LogP contribution in [0.4, 0.5) is 11.5 Å². The van der Waals surface area contributed by atoms with E-state index in [9.17, 15) is 8.42 Å². The van der Waals surface area contributed by atoms with Gasteiger partial charge >= 0.3 is 0 Å². The van der Waals surface area contributed by atoms with Crippen LogP contribution in [0.2, 0.25) is 0 Å². The Kier molecular flexibility index (Phi) is 7.34. The number of hydrogen-bond donors (Lipinski definition) is 3. The van der Waals surface area contributed by atoms with Crippen LogP contribution in [0.1, 0.15) is 33.3 Å². The standard InChI is InChI=1S/C19H27N5O2S2/c1-13(2)24(14(3)4)28(25,26)17-10-11-18(20-12-17)22-23-19(27)21-16-8-6-15(5)7-9-16/h6-14H,1-5H3,(H,20,22)(H2,21,23,27). The summed E-state index contributed by atoms with van der Waals surface area (Å²) >= 11 is 5.23. The molecular formula is C19H27N5O2S2. The van der Waals surface area contributed by atoms with Gasteiger partial charge in [0.1, 0.15) is 10.7 Å². The number of rotatable bonds is 7. The number of nitrogens with zero attached hydrogens (tertiary/aromatic N) is 2. The monoisotopic (exact) mass is 421 g/mol. The molecule has 0 bridgehead atoms. The maximum absolute atomic E-state index is 12.8. The van der Waals surface area contributed by atoms with Crippen LogP contribution in [0.15, 0.2) is 47.5 Å². The maximum atomic E-state index is 12.8. The van der Waals surface area contributed by atoms with Crippen molar-refractivity contribution in [3.8, 4) is 0 Å². The third-order valence-corrected chi connectivity index (χ3v) is 6.38. The molecule has 0 unspecified atom stereocenters. The van der Waals surface area contributed by atoms with Gasteiger partial charge in [-0.2, -0.15) is 4.31 Å². The molecule has 0 fully saturated rings. The second-order valence-electron chi connectivity index (χ2n) is 6.97. The highest BCUT2D eigenvalue weighted by Gasteiger charge is 2.29. The number of aromatic nitrogens is 1. The molecule has 1 heterocycles. The lowest BCUT2D eigenvalue weighted by atomic mass is 10.2. The largest absolute Gasteiger partial charge is 0.331 e. The molecule has 1 aromatic carbocycles. The zero-order valence-corrected chi connectivity index (χ0v) is 18.4. The van der Waals surface area contributed by atoms with Gasteiger partial charge in [0, 0.05) is 24.0 Å². The van der Waals surface area contributed by atoms with Gasteiger partial charge in [0.25, 0.3) is 0 Å². The van der Waals surface area contributed by atoms with Gasteiger partial charge < -0.3 is 5.32 Å². The predicted molar refractivity (Wildman–Crippen MR) is 118 cm³/mol. The molecule has 0 aliphatic carbocycles. The van der Waals surface area contributed by atoms with E-state index < -0.39 is 10.0 Å². The van der Waals surface area contributed by atoms with E-state index in [2.05, 4.69) is 21.2 Å². The summed E-state index contributed by atoms with van der Waals surface area (Å²) in [6.07, 6.45) is 1.34. The third kappa shape index (κ3) is 5.63. The fourth-order valence-corrected chi connectivity index (χ4v) is 4.75. The van der Waals surface area contributed by atoms with Crippen molar-refractivity contribution in [1.29, 1.82) is 0 Å². The lowest BCUT2D eigenvalue weighted by Crippen LogP contribution is -2.42.